The normalized spacial score (nSPS) is 16.4. The third-order valence-corrected chi connectivity index (χ3v) is 8.39. The molecule has 0 aliphatic carbocycles. The number of pyridine rings is 1. The van der Waals surface area contributed by atoms with Crippen LogP contribution in [0.2, 0.25) is 5.02 Å². The molecular weight excluding hydrogens is 561 g/mol. The summed E-state index contributed by atoms with van der Waals surface area (Å²) in [6.07, 6.45) is 7.23. The lowest BCUT2D eigenvalue weighted by Gasteiger charge is -2.37. The molecule has 7 rings (SSSR count). The zero-order valence-electron chi connectivity index (χ0n) is 22.9. The van der Waals surface area contributed by atoms with E-state index in [9.17, 15) is 9.59 Å². The summed E-state index contributed by atoms with van der Waals surface area (Å²) in [4.78, 5) is 41.8. The van der Waals surface area contributed by atoms with Crippen LogP contribution in [-0.4, -0.2) is 77.7 Å². The van der Waals surface area contributed by atoms with Crippen LogP contribution in [0, 0.1) is 5.82 Å². The fourth-order valence-electron chi connectivity index (χ4n) is 6.05. The number of nitrogens with one attached hydrogen (secondary N) is 1. The van der Waals surface area contributed by atoms with E-state index in [0.717, 1.165) is 25.9 Å². The number of halogens is 2. The Hall–Kier alpha value is -4.22. The summed E-state index contributed by atoms with van der Waals surface area (Å²) in [5, 5.41) is 3.41. The number of carbonyl (C=O) groups excluding carboxylic acids is 1. The molecule has 0 atom stereocenters. The molecule has 3 aliphatic heterocycles. The Labute approximate surface area is 246 Å². The van der Waals surface area contributed by atoms with Crippen LogP contribution in [0.4, 0.5) is 16.0 Å². The van der Waals surface area contributed by atoms with Gasteiger partial charge in [-0.05, 0) is 50.2 Å². The summed E-state index contributed by atoms with van der Waals surface area (Å²) in [6.45, 7) is 5.29. The van der Waals surface area contributed by atoms with E-state index in [4.69, 9.17) is 16.3 Å². The van der Waals surface area contributed by atoms with Crippen LogP contribution in [0.5, 0.6) is 11.5 Å². The highest BCUT2D eigenvalue weighted by Crippen LogP contribution is 2.47. The maximum absolute atomic E-state index is 16.0. The zero-order valence-corrected chi connectivity index (χ0v) is 23.6. The van der Waals surface area contributed by atoms with E-state index in [1.54, 1.807) is 41.2 Å². The Morgan fingerprint density at radius 3 is 2.52 bits per heavy atom. The lowest BCUT2D eigenvalue weighted by molar-refractivity contribution is 0.0948. The number of rotatable bonds is 6. The van der Waals surface area contributed by atoms with Gasteiger partial charge in [0.15, 0.2) is 17.3 Å². The number of benzene rings is 2. The molecule has 0 spiro atoms. The van der Waals surface area contributed by atoms with E-state index in [1.807, 2.05) is 9.80 Å². The molecule has 12 heteroatoms. The second kappa shape index (κ2) is 10.9. The van der Waals surface area contributed by atoms with Crippen molar-refractivity contribution in [2.75, 3.05) is 62.2 Å². The summed E-state index contributed by atoms with van der Waals surface area (Å²) in [6, 6.07) is 8.12. The van der Waals surface area contributed by atoms with E-state index in [2.05, 4.69) is 20.2 Å². The number of anilines is 2. The van der Waals surface area contributed by atoms with Crippen molar-refractivity contribution in [1.29, 1.82) is 0 Å². The molecule has 42 heavy (non-hydrogen) atoms. The molecule has 4 aromatic rings. The molecule has 1 amide bonds. The van der Waals surface area contributed by atoms with Gasteiger partial charge in [-0.2, -0.15) is 0 Å². The fraction of sp³-hybridized carbons (Fsp3) is 0.333. The van der Waals surface area contributed by atoms with Crippen LogP contribution >= 0.6 is 11.6 Å². The standard InChI is InChI=1S/C30H29ClFN7O3/c31-19-4-5-23-24(16-19)42-28-25-20(27(40)21(18-39(23)25)29(41)33-8-11-36-9-1-2-10-36)17-22(32)26(28)37-12-14-38(15-13-37)30-34-6-3-7-35-30/h3-7,16-18H,1-2,8-15H2,(H,33,41). The van der Waals surface area contributed by atoms with Crippen molar-refractivity contribution >= 4 is 40.0 Å². The monoisotopic (exact) mass is 589 g/mol. The summed E-state index contributed by atoms with van der Waals surface area (Å²) in [5.74, 6) is 0.169. The van der Waals surface area contributed by atoms with Gasteiger partial charge in [0.05, 0.1) is 11.1 Å². The molecular formula is C30H29ClFN7O3. The van der Waals surface area contributed by atoms with Gasteiger partial charge in [-0.15, -0.1) is 0 Å². The minimum atomic E-state index is -0.595. The number of hydrogen-bond acceptors (Lipinski definition) is 8. The molecule has 0 bridgehead atoms. The van der Waals surface area contributed by atoms with Gasteiger partial charge in [0.2, 0.25) is 11.4 Å². The van der Waals surface area contributed by atoms with Crippen molar-refractivity contribution in [2.45, 2.75) is 12.8 Å². The maximum Gasteiger partial charge on any atom is 0.256 e. The van der Waals surface area contributed by atoms with Crippen molar-refractivity contribution in [3.8, 4) is 17.2 Å². The minimum Gasteiger partial charge on any atom is -0.451 e. The van der Waals surface area contributed by atoms with Gasteiger partial charge >= 0.3 is 0 Å². The van der Waals surface area contributed by atoms with Crippen LogP contribution < -0.4 is 25.3 Å². The van der Waals surface area contributed by atoms with Crippen LogP contribution in [0.1, 0.15) is 23.2 Å². The first-order valence-corrected chi connectivity index (χ1v) is 14.5. The van der Waals surface area contributed by atoms with Crippen molar-refractivity contribution in [1.82, 2.24) is 24.8 Å². The zero-order chi connectivity index (χ0) is 28.8. The molecule has 5 heterocycles. The third kappa shape index (κ3) is 4.72. The number of hydrogen-bond donors (Lipinski definition) is 1. The predicted octanol–water partition coefficient (Wildman–Crippen LogP) is 3.83. The molecule has 2 saturated heterocycles. The Kier molecular flexibility index (Phi) is 6.91. The first kappa shape index (κ1) is 26.7. The summed E-state index contributed by atoms with van der Waals surface area (Å²) in [5.41, 5.74) is 0.679. The van der Waals surface area contributed by atoms with E-state index in [-0.39, 0.29) is 22.4 Å². The maximum atomic E-state index is 16.0. The van der Waals surface area contributed by atoms with E-state index >= 15 is 4.39 Å². The molecule has 2 aromatic heterocycles. The van der Waals surface area contributed by atoms with Gasteiger partial charge in [0.25, 0.3) is 5.91 Å². The van der Waals surface area contributed by atoms with Gasteiger partial charge < -0.3 is 29.3 Å². The fourth-order valence-corrected chi connectivity index (χ4v) is 6.21. The first-order valence-electron chi connectivity index (χ1n) is 14.1. The van der Waals surface area contributed by atoms with Crippen molar-refractivity contribution in [2.24, 2.45) is 0 Å². The topological polar surface area (TPSA) is 95.8 Å². The molecule has 2 fully saturated rings. The molecule has 2 aromatic carbocycles. The molecule has 3 aliphatic rings. The van der Waals surface area contributed by atoms with Crippen molar-refractivity contribution in [3.05, 3.63) is 75.5 Å². The molecule has 0 radical (unpaired) electrons. The summed E-state index contributed by atoms with van der Waals surface area (Å²) in [7, 11) is 0. The van der Waals surface area contributed by atoms with Crippen LogP contribution in [0.25, 0.3) is 16.6 Å². The minimum absolute atomic E-state index is 0.0544. The average molecular weight is 590 g/mol. The quantitative estimate of drug-likeness (QED) is 0.319. The number of piperazine rings is 1. The number of fused-ring (bicyclic) bond motifs is 2. The lowest BCUT2D eigenvalue weighted by Crippen LogP contribution is -2.47. The van der Waals surface area contributed by atoms with Crippen LogP contribution in [0.3, 0.4) is 0 Å². The second-order valence-corrected chi connectivity index (χ2v) is 11.2. The Balaban J connectivity index is 1.27. The number of amides is 1. The molecule has 216 valence electrons. The molecule has 1 N–H and O–H groups in total. The average Bonchev–Trinajstić information content (AvgIpc) is 3.52. The SMILES string of the molecule is O=C(NCCN1CCCC1)c1cn2c3c(c(N4CCN(c5ncccn5)CC4)c(F)cc3c1=O)Oc1cc(Cl)ccc1-2. The third-order valence-electron chi connectivity index (χ3n) is 8.15. The Bertz CT molecular complexity index is 1740. The molecule has 0 saturated carbocycles. The van der Waals surface area contributed by atoms with Gasteiger partial charge in [0.1, 0.15) is 16.8 Å². The Morgan fingerprint density at radius 1 is 1.02 bits per heavy atom. The van der Waals surface area contributed by atoms with Gasteiger partial charge in [-0.1, -0.05) is 11.6 Å². The lowest BCUT2D eigenvalue weighted by atomic mass is 10.0. The highest BCUT2D eigenvalue weighted by Gasteiger charge is 2.32. The number of nitrogens with zero attached hydrogens (tertiary/aromatic N) is 6. The van der Waals surface area contributed by atoms with E-state index in [1.165, 1.54) is 12.3 Å². The van der Waals surface area contributed by atoms with Gasteiger partial charge in [-0.25, -0.2) is 14.4 Å². The summed E-state index contributed by atoms with van der Waals surface area (Å²) < 4.78 is 24.1. The first-order chi connectivity index (χ1) is 20.5. The number of likely N-dealkylation sites (tertiary alicyclic amines) is 1. The van der Waals surface area contributed by atoms with Gasteiger partial charge in [0, 0.05) is 68.9 Å². The summed E-state index contributed by atoms with van der Waals surface area (Å²) >= 11 is 6.31. The van der Waals surface area contributed by atoms with E-state index in [0.29, 0.717) is 67.2 Å². The van der Waals surface area contributed by atoms with Gasteiger partial charge in [-0.3, -0.25) is 9.59 Å². The van der Waals surface area contributed by atoms with Crippen LogP contribution in [0.15, 0.2) is 53.7 Å². The van der Waals surface area contributed by atoms with Crippen molar-refractivity contribution < 1.29 is 13.9 Å². The highest BCUT2D eigenvalue weighted by molar-refractivity contribution is 6.30. The largest absolute Gasteiger partial charge is 0.451 e. The number of aromatic nitrogens is 3. The number of carbonyl (C=O) groups is 1. The molecule has 10 nitrogen and oxygen atoms in total. The molecule has 0 unspecified atom stereocenters. The smallest absolute Gasteiger partial charge is 0.256 e. The Morgan fingerprint density at radius 2 is 1.76 bits per heavy atom. The highest BCUT2D eigenvalue weighted by atomic mass is 35.5. The van der Waals surface area contributed by atoms with Crippen LogP contribution in [-0.2, 0) is 0 Å². The van der Waals surface area contributed by atoms with E-state index < -0.39 is 17.2 Å². The van der Waals surface area contributed by atoms with Crippen molar-refractivity contribution in [3.63, 3.8) is 0 Å². The second-order valence-electron chi connectivity index (χ2n) is 10.7. The number of ether oxygens (including phenoxy) is 1. The predicted molar refractivity (Wildman–Crippen MR) is 159 cm³/mol.